The minimum absolute atomic E-state index is 0.0706. The van der Waals surface area contributed by atoms with Gasteiger partial charge in [-0.1, -0.05) is 48.0 Å². The predicted octanol–water partition coefficient (Wildman–Crippen LogP) is 3.45. The summed E-state index contributed by atoms with van der Waals surface area (Å²) in [6.45, 7) is 6.08. The molecule has 0 spiro atoms. The maximum Gasteiger partial charge on any atom is 0.191 e. The Labute approximate surface area is 156 Å². The van der Waals surface area contributed by atoms with E-state index in [0.717, 1.165) is 17.3 Å². The van der Waals surface area contributed by atoms with E-state index in [1.54, 1.807) is 14.2 Å². The molecule has 0 saturated carbocycles. The average molecular weight is 355 g/mol. The lowest BCUT2D eigenvalue weighted by molar-refractivity contribution is 0.125. The summed E-state index contributed by atoms with van der Waals surface area (Å²) in [7, 11) is 3.46. The van der Waals surface area contributed by atoms with Crippen LogP contribution in [0.15, 0.2) is 53.5 Å². The molecule has 5 nitrogen and oxygen atoms in total. The standard InChI is InChI=1S/C21H29N3O2/c1-16-10-11-20(25-4)19(14-16)17(2)24-21(22-3)23-12-13-26-15-18-8-6-5-7-9-18/h5-11,14,17H,12-13,15H2,1-4H3,(H2,22,23,24). The molecular weight excluding hydrogens is 326 g/mol. The molecule has 1 unspecified atom stereocenters. The van der Waals surface area contributed by atoms with Crippen LogP contribution in [0.3, 0.4) is 0 Å². The predicted molar refractivity (Wildman–Crippen MR) is 107 cm³/mol. The minimum atomic E-state index is 0.0706. The van der Waals surface area contributed by atoms with Gasteiger partial charge in [0.15, 0.2) is 5.96 Å². The molecule has 0 aliphatic carbocycles. The fourth-order valence-corrected chi connectivity index (χ4v) is 2.68. The summed E-state index contributed by atoms with van der Waals surface area (Å²) in [5.41, 5.74) is 3.48. The van der Waals surface area contributed by atoms with Crippen LogP contribution in [-0.2, 0) is 11.3 Å². The molecule has 0 amide bonds. The lowest BCUT2D eigenvalue weighted by Crippen LogP contribution is -2.40. The van der Waals surface area contributed by atoms with Crippen LogP contribution in [0.1, 0.15) is 29.7 Å². The van der Waals surface area contributed by atoms with Crippen molar-refractivity contribution in [2.75, 3.05) is 27.3 Å². The Morgan fingerprint density at radius 3 is 2.62 bits per heavy atom. The van der Waals surface area contributed by atoms with Gasteiger partial charge < -0.3 is 20.1 Å². The summed E-state index contributed by atoms with van der Waals surface area (Å²) >= 11 is 0. The van der Waals surface area contributed by atoms with E-state index in [9.17, 15) is 0 Å². The molecule has 0 radical (unpaired) electrons. The molecule has 0 heterocycles. The Kier molecular flexibility index (Phi) is 7.96. The van der Waals surface area contributed by atoms with Gasteiger partial charge in [-0.2, -0.15) is 0 Å². The summed E-state index contributed by atoms with van der Waals surface area (Å²) in [5.74, 6) is 1.61. The maximum absolute atomic E-state index is 5.69. The third-order valence-corrected chi connectivity index (χ3v) is 4.08. The van der Waals surface area contributed by atoms with E-state index in [2.05, 4.69) is 47.7 Å². The van der Waals surface area contributed by atoms with Crippen LogP contribution in [0.5, 0.6) is 5.75 Å². The monoisotopic (exact) mass is 355 g/mol. The SMILES string of the molecule is CN=C(NCCOCc1ccccc1)NC(C)c1cc(C)ccc1OC. The van der Waals surface area contributed by atoms with Gasteiger partial charge in [-0.25, -0.2) is 0 Å². The van der Waals surface area contributed by atoms with E-state index in [1.165, 1.54) is 11.1 Å². The second kappa shape index (κ2) is 10.5. The molecule has 1 atom stereocenters. The van der Waals surface area contributed by atoms with Crippen LogP contribution in [0.4, 0.5) is 0 Å². The van der Waals surface area contributed by atoms with Crippen molar-refractivity contribution < 1.29 is 9.47 Å². The first-order valence-corrected chi connectivity index (χ1v) is 8.87. The molecule has 0 fully saturated rings. The van der Waals surface area contributed by atoms with E-state index in [4.69, 9.17) is 9.47 Å². The maximum atomic E-state index is 5.69. The number of nitrogens with zero attached hydrogens (tertiary/aromatic N) is 1. The fourth-order valence-electron chi connectivity index (χ4n) is 2.68. The molecule has 5 heteroatoms. The largest absolute Gasteiger partial charge is 0.496 e. The quantitative estimate of drug-likeness (QED) is 0.433. The van der Waals surface area contributed by atoms with Crippen molar-refractivity contribution in [1.82, 2.24) is 10.6 Å². The number of hydrogen-bond acceptors (Lipinski definition) is 3. The summed E-state index contributed by atoms with van der Waals surface area (Å²) in [6.07, 6.45) is 0. The number of aliphatic imine (C=N–C) groups is 1. The van der Waals surface area contributed by atoms with Gasteiger partial charge >= 0.3 is 0 Å². The van der Waals surface area contributed by atoms with E-state index >= 15 is 0 Å². The van der Waals surface area contributed by atoms with Gasteiger partial charge in [-0.05, 0) is 25.5 Å². The molecule has 0 aliphatic rings. The molecule has 0 saturated heterocycles. The highest BCUT2D eigenvalue weighted by atomic mass is 16.5. The summed E-state index contributed by atoms with van der Waals surface area (Å²) in [6, 6.07) is 16.4. The highest BCUT2D eigenvalue weighted by molar-refractivity contribution is 5.80. The highest BCUT2D eigenvalue weighted by Crippen LogP contribution is 2.25. The van der Waals surface area contributed by atoms with E-state index in [0.29, 0.717) is 19.8 Å². The lowest BCUT2D eigenvalue weighted by atomic mass is 10.0. The number of methoxy groups -OCH3 is 1. The normalized spacial score (nSPS) is 12.5. The first kappa shape index (κ1) is 19.8. The topological polar surface area (TPSA) is 54.9 Å². The number of hydrogen-bond donors (Lipinski definition) is 2. The molecule has 2 aromatic carbocycles. The van der Waals surface area contributed by atoms with Gasteiger partial charge in [0.2, 0.25) is 0 Å². The lowest BCUT2D eigenvalue weighted by Gasteiger charge is -2.20. The summed E-state index contributed by atoms with van der Waals surface area (Å²) < 4.78 is 11.2. The molecular formula is C21H29N3O2. The Hall–Kier alpha value is -2.53. The minimum Gasteiger partial charge on any atom is -0.496 e. The summed E-state index contributed by atoms with van der Waals surface area (Å²) in [4.78, 5) is 4.29. The van der Waals surface area contributed by atoms with Crippen molar-refractivity contribution in [2.24, 2.45) is 4.99 Å². The van der Waals surface area contributed by atoms with Crippen LogP contribution in [-0.4, -0.2) is 33.3 Å². The molecule has 140 valence electrons. The first-order chi connectivity index (χ1) is 12.6. The Balaban J connectivity index is 1.79. The Bertz CT molecular complexity index is 702. The number of nitrogens with one attached hydrogen (secondary N) is 2. The van der Waals surface area contributed by atoms with Gasteiger partial charge in [0.25, 0.3) is 0 Å². The molecule has 2 aromatic rings. The third kappa shape index (κ3) is 6.08. The number of guanidine groups is 1. The number of ether oxygens (including phenoxy) is 2. The van der Waals surface area contributed by atoms with Gasteiger partial charge in [-0.15, -0.1) is 0 Å². The van der Waals surface area contributed by atoms with Crippen LogP contribution in [0.2, 0.25) is 0 Å². The van der Waals surface area contributed by atoms with Crippen molar-refractivity contribution in [3.05, 3.63) is 65.2 Å². The van der Waals surface area contributed by atoms with E-state index < -0.39 is 0 Å². The molecule has 0 aliphatic heterocycles. The third-order valence-electron chi connectivity index (χ3n) is 4.08. The van der Waals surface area contributed by atoms with Crippen molar-refractivity contribution in [3.8, 4) is 5.75 Å². The smallest absolute Gasteiger partial charge is 0.191 e. The average Bonchev–Trinajstić information content (AvgIpc) is 2.67. The second-order valence-corrected chi connectivity index (χ2v) is 6.15. The van der Waals surface area contributed by atoms with Gasteiger partial charge in [0.05, 0.1) is 26.4 Å². The van der Waals surface area contributed by atoms with Crippen LogP contribution < -0.4 is 15.4 Å². The molecule has 0 aromatic heterocycles. The molecule has 2 N–H and O–H groups in total. The Morgan fingerprint density at radius 1 is 1.15 bits per heavy atom. The van der Waals surface area contributed by atoms with Crippen molar-refractivity contribution in [1.29, 1.82) is 0 Å². The fraction of sp³-hybridized carbons (Fsp3) is 0.381. The van der Waals surface area contributed by atoms with Gasteiger partial charge in [0, 0.05) is 19.2 Å². The highest BCUT2D eigenvalue weighted by Gasteiger charge is 2.13. The van der Waals surface area contributed by atoms with Crippen LogP contribution in [0.25, 0.3) is 0 Å². The first-order valence-electron chi connectivity index (χ1n) is 8.87. The molecule has 26 heavy (non-hydrogen) atoms. The number of rotatable bonds is 8. The second-order valence-electron chi connectivity index (χ2n) is 6.15. The molecule has 0 bridgehead atoms. The van der Waals surface area contributed by atoms with Crippen LogP contribution in [0, 0.1) is 6.92 Å². The van der Waals surface area contributed by atoms with Crippen LogP contribution >= 0.6 is 0 Å². The number of benzene rings is 2. The van der Waals surface area contributed by atoms with Gasteiger partial charge in [0.1, 0.15) is 5.75 Å². The summed E-state index contributed by atoms with van der Waals surface area (Å²) in [5, 5.41) is 6.68. The number of aryl methyl sites for hydroxylation is 1. The zero-order valence-corrected chi connectivity index (χ0v) is 16.1. The zero-order chi connectivity index (χ0) is 18.8. The van der Waals surface area contributed by atoms with E-state index in [1.807, 2.05) is 30.3 Å². The van der Waals surface area contributed by atoms with Crippen molar-refractivity contribution in [2.45, 2.75) is 26.5 Å². The van der Waals surface area contributed by atoms with Crippen molar-refractivity contribution >= 4 is 5.96 Å². The van der Waals surface area contributed by atoms with Gasteiger partial charge in [-0.3, -0.25) is 4.99 Å². The molecule has 2 rings (SSSR count). The van der Waals surface area contributed by atoms with Crippen molar-refractivity contribution in [3.63, 3.8) is 0 Å². The zero-order valence-electron chi connectivity index (χ0n) is 16.1. The Morgan fingerprint density at radius 2 is 1.92 bits per heavy atom. The van der Waals surface area contributed by atoms with E-state index in [-0.39, 0.29) is 6.04 Å².